The molecule has 5 rings (SSSR count). The van der Waals surface area contributed by atoms with Crippen molar-refractivity contribution >= 4 is 11.7 Å². The molecule has 0 N–H and O–H groups in total. The van der Waals surface area contributed by atoms with Crippen LogP contribution in [-0.2, 0) is 4.79 Å². The summed E-state index contributed by atoms with van der Waals surface area (Å²) in [4.78, 5) is 25.8. The average molecular weight is 412 g/mol. The molecule has 7 nitrogen and oxygen atoms in total. The maximum atomic E-state index is 12.6. The van der Waals surface area contributed by atoms with Gasteiger partial charge < -0.3 is 9.80 Å². The second kappa shape index (κ2) is 7.67. The molecule has 1 saturated heterocycles. The topological polar surface area (TPSA) is 96.9 Å². The molecule has 2 aromatic heterocycles. The Balaban J connectivity index is 1.48. The lowest BCUT2D eigenvalue weighted by molar-refractivity contribution is -0.134. The van der Waals surface area contributed by atoms with Crippen molar-refractivity contribution in [1.82, 2.24) is 14.9 Å². The molecule has 7 heteroatoms. The van der Waals surface area contributed by atoms with Gasteiger partial charge in [-0.05, 0) is 56.4 Å². The van der Waals surface area contributed by atoms with E-state index in [4.69, 9.17) is 4.98 Å². The summed E-state index contributed by atoms with van der Waals surface area (Å²) in [6.45, 7) is 4.10. The fraction of sp³-hybridized carbons (Fsp3) is 0.458. The zero-order valence-corrected chi connectivity index (χ0v) is 17.6. The van der Waals surface area contributed by atoms with E-state index in [9.17, 15) is 15.3 Å². The monoisotopic (exact) mass is 412 g/mol. The number of hydrogen-bond donors (Lipinski definition) is 0. The second-order valence-electron chi connectivity index (χ2n) is 8.82. The Labute approximate surface area is 181 Å². The van der Waals surface area contributed by atoms with Gasteiger partial charge in [0.25, 0.3) is 0 Å². The Morgan fingerprint density at radius 3 is 2.58 bits per heavy atom. The summed E-state index contributed by atoms with van der Waals surface area (Å²) in [5.41, 5.74) is 3.67. The van der Waals surface area contributed by atoms with E-state index in [0.717, 1.165) is 42.5 Å². The molecular weight excluding hydrogens is 388 g/mol. The van der Waals surface area contributed by atoms with Crippen molar-refractivity contribution in [3.05, 3.63) is 41.3 Å². The molecule has 0 radical (unpaired) electrons. The van der Waals surface area contributed by atoms with Crippen LogP contribution in [0.1, 0.15) is 55.5 Å². The maximum absolute atomic E-state index is 12.6. The van der Waals surface area contributed by atoms with Crippen molar-refractivity contribution in [2.24, 2.45) is 5.92 Å². The molecule has 2 saturated carbocycles. The van der Waals surface area contributed by atoms with Gasteiger partial charge in [0, 0.05) is 49.3 Å². The summed E-state index contributed by atoms with van der Waals surface area (Å²) < 4.78 is 0. The van der Waals surface area contributed by atoms with Gasteiger partial charge in [0.15, 0.2) is 0 Å². The fourth-order valence-corrected chi connectivity index (χ4v) is 4.44. The van der Waals surface area contributed by atoms with E-state index in [1.54, 1.807) is 12.3 Å². The molecule has 0 bridgehead atoms. The smallest absolute Gasteiger partial charge is 0.226 e. The van der Waals surface area contributed by atoms with E-state index in [1.807, 2.05) is 17.0 Å². The number of aromatic nitrogens is 2. The van der Waals surface area contributed by atoms with Gasteiger partial charge in [0.05, 0.1) is 11.3 Å². The van der Waals surface area contributed by atoms with Crippen LogP contribution in [0, 0.1) is 28.6 Å². The molecule has 2 aromatic rings. The molecule has 1 amide bonds. The van der Waals surface area contributed by atoms with E-state index in [1.165, 1.54) is 0 Å². The number of piperazine rings is 1. The number of carbonyl (C=O) groups is 1. The lowest BCUT2D eigenvalue weighted by Gasteiger charge is -2.41. The molecule has 0 spiro atoms. The highest BCUT2D eigenvalue weighted by Gasteiger charge is 2.38. The predicted octanol–water partition coefficient (Wildman–Crippen LogP) is 3.21. The van der Waals surface area contributed by atoms with Crippen molar-refractivity contribution in [3.63, 3.8) is 0 Å². The molecule has 31 heavy (non-hydrogen) atoms. The van der Waals surface area contributed by atoms with Crippen LogP contribution < -0.4 is 4.90 Å². The molecule has 0 aromatic carbocycles. The van der Waals surface area contributed by atoms with Crippen molar-refractivity contribution in [1.29, 1.82) is 10.5 Å². The van der Waals surface area contributed by atoms with Crippen LogP contribution in [0.25, 0.3) is 11.1 Å². The SMILES string of the molecule is C[C@@H]1CN(c2nc(C3CC3)c(-c3ccnc(C#N)c3)cc2C#N)CCN1C(=O)C1CC1. The van der Waals surface area contributed by atoms with Gasteiger partial charge >= 0.3 is 0 Å². The maximum Gasteiger partial charge on any atom is 0.226 e. The molecular formula is C24H24N6O. The van der Waals surface area contributed by atoms with Crippen molar-refractivity contribution in [3.8, 4) is 23.3 Å². The largest absolute Gasteiger partial charge is 0.352 e. The number of amides is 1. The Kier molecular flexibility index (Phi) is 4.82. The zero-order chi connectivity index (χ0) is 21.5. The van der Waals surface area contributed by atoms with Crippen LogP contribution in [0.4, 0.5) is 5.82 Å². The van der Waals surface area contributed by atoms with Crippen LogP contribution in [0.3, 0.4) is 0 Å². The summed E-state index contributed by atoms with van der Waals surface area (Å²) in [7, 11) is 0. The number of anilines is 1. The highest BCUT2D eigenvalue weighted by Crippen LogP contribution is 2.45. The molecule has 3 aliphatic rings. The lowest BCUT2D eigenvalue weighted by Crippen LogP contribution is -2.54. The standard InChI is InChI=1S/C24H24N6O/c1-15-14-29(8-9-30(15)24(31)17-4-5-17)23-19(12-25)11-21(22(28-23)16-2-3-16)18-6-7-27-20(10-18)13-26/h6-7,10-11,15-17H,2-5,8-9,14H2,1H3/t15-/m1/s1. The third-order valence-electron chi connectivity index (χ3n) is 6.44. The minimum Gasteiger partial charge on any atom is -0.352 e. The lowest BCUT2D eigenvalue weighted by atomic mass is 9.99. The van der Waals surface area contributed by atoms with Gasteiger partial charge in [-0.25, -0.2) is 9.97 Å². The molecule has 1 atom stereocenters. The first kappa shape index (κ1) is 19.5. The number of nitriles is 2. The Morgan fingerprint density at radius 1 is 1.13 bits per heavy atom. The van der Waals surface area contributed by atoms with E-state index >= 15 is 0 Å². The third kappa shape index (κ3) is 3.72. The summed E-state index contributed by atoms with van der Waals surface area (Å²) in [6, 6.07) is 10.1. The highest BCUT2D eigenvalue weighted by atomic mass is 16.2. The highest BCUT2D eigenvalue weighted by molar-refractivity contribution is 5.81. The molecule has 2 aliphatic carbocycles. The van der Waals surface area contributed by atoms with Gasteiger partial charge in [-0.3, -0.25) is 4.79 Å². The van der Waals surface area contributed by atoms with Crippen molar-refractivity contribution in [2.45, 2.75) is 44.6 Å². The molecule has 3 fully saturated rings. The minimum atomic E-state index is 0.0950. The van der Waals surface area contributed by atoms with Crippen LogP contribution in [0.5, 0.6) is 0 Å². The normalized spacial score (nSPS) is 20.8. The Bertz CT molecular complexity index is 1120. The zero-order valence-electron chi connectivity index (χ0n) is 17.6. The number of carbonyl (C=O) groups excluding carboxylic acids is 1. The average Bonchev–Trinajstić information content (AvgIpc) is 3.71. The van der Waals surface area contributed by atoms with Gasteiger partial charge in [0.1, 0.15) is 23.7 Å². The summed E-state index contributed by atoms with van der Waals surface area (Å²) in [5.74, 6) is 1.60. The van der Waals surface area contributed by atoms with Crippen molar-refractivity contribution < 1.29 is 4.79 Å². The summed E-state index contributed by atoms with van der Waals surface area (Å²) in [6.07, 6.45) is 5.83. The Hall–Kier alpha value is -3.45. The molecule has 0 unspecified atom stereocenters. The van der Waals surface area contributed by atoms with E-state index in [2.05, 4.69) is 28.9 Å². The first-order chi connectivity index (χ1) is 15.1. The Morgan fingerprint density at radius 2 is 1.94 bits per heavy atom. The van der Waals surface area contributed by atoms with Crippen LogP contribution in [-0.4, -0.2) is 46.5 Å². The predicted molar refractivity (Wildman–Crippen MR) is 115 cm³/mol. The van der Waals surface area contributed by atoms with Crippen LogP contribution >= 0.6 is 0 Å². The van der Waals surface area contributed by atoms with Gasteiger partial charge in [-0.2, -0.15) is 10.5 Å². The van der Waals surface area contributed by atoms with E-state index in [0.29, 0.717) is 42.6 Å². The quantitative estimate of drug-likeness (QED) is 0.765. The number of rotatable bonds is 4. The number of hydrogen-bond acceptors (Lipinski definition) is 6. The number of pyridine rings is 2. The number of nitrogens with zero attached hydrogens (tertiary/aromatic N) is 6. The summed E-state index contributed by atoms with van der Waals surface area (Å²) >= 11 is 0. The van der Waals surface area contributed by atoms with Gasteiger partial charge in [-0.15, -0.1) is 0 Å². The van der Waals surface area contributed by atoms with Crippen LogP contribution in [0.2, 0.25) is 0 Å². The van der Waals surface area contributed by atoms with Gasteiger partial charge in [-0.1, -0.05) is 0 Å². The first-order valence-electron chi connectivity index (χ1n) is 11.0. The van der Waals surface area contributed by atoms with Gasteiger partial charge in [0.2, 0.25) is 5.91 Å². The van der Waals surface area contributed by atoms with E-state index < -0.39 is 0 Å². The van der Waals surface area contributed by atoms with E-state index in [-0.39, 0.29) is 17.9 Å². The summed E-state index contributed by atoms with van der Waals surface area (Å²) in [5, 5.41) is 19.1. The minimum absolute atomic E-state index is 0.0950. The molecule has 156 valence electrons. The third-order valence-corrected chi connectivity index (χ3v) is 6.44. The second-order valence-corrected chi connectivity index (χ2v) is 8.82. The first-order valence-corrected chi connectivity index (χ1v) is 11.0. The van der Waals surface area contributed by atoms with Crippen LogP contribution in [0.15, 0.2) is 24.4 Å². The molecule has 3 heterocycles. The fourth-order valence-electron chi connectivity index (χ4n) is 4.44. The molecule has 1 aliphatic heterocycles. The van der Waals surface area contributed by atoms with Crippen molar-refractivity contribution in [2.75, 3.05) is 24.5 Å².